The second-order valence-electron chi connectivity index (χ2n) is 17.5. The van der Waals surface area contributed by atoms with Crippen molar-refractivity contribution in [3.63, 3.8) is 0 Å². The van der Waals surface area contributed by atoms with Crippen molar-refractivity contribution >= 4 is 75.1 Å². The Morgan fingerprint density at radius 3 is 1.42 bits per heavy atom. The van der Waals surface area contributed by atoms with Gasteiger partial charge in [0.25, 0.3) is 0 Å². The Morgan fingerprint density at radius 2 is 0.754 bits per heavy atom. The first-order valence-electron chi connectivity index (χ1n) is 23.3. The van der Waals surface area contributed by atoms with Crippen LogP contribution in [0.25, 0.3) is 132 Å². The first-order chi connectivity index (χ1) is 34.2. The zero-order valence-electron chi connectivity index (χ0n) is 37.2. The maximum absolute atomic E-state index is 5.51. The van der Waals surface area contributed by atoms with E-state index in [1.807, 2.05) is 11.3 Å². The van der Waals surface area contributed by atoms with Gasteiger partial charge in [-0.3, -0.25) is 4.57 Å². The van der Waals surface area contributed by atoms with E-state index in [-0.39, 0.29) is 0 Å². The van der Waals surface area contributed by atoms with Gasteiger partial charge in [0, 0.05) is 49.0 Å². The Morgan fingerprint density at radius 1 is 0.290 bits per heavy atom. The third kappa shape index (κ3) is 6.27. The van der Waals surface area contributed by atoms with Gasteiger partial charge >= 0.3 is 0 Å². The van der Waals surface area contributed by atoms with Crippen LogP contribution in [0.3, 0.4) is 0 Å². The van der Waals surface area contributed by atoms with Gasteiger partial charge in [0.15, 0.2) is 11.6 Å². The van der Waals surface area contributed by atoms with Crippen LogP contribution in [0.15, 0.2) is 237 Å². The molecule has 5 nitrogen and oxygen atoms in total. The summed E-state index contributed by atoms with van der Waals surface area (Å²) in [6.45, 7) is 0. The third-order valence-electron chi connectivity index (χ3n) is 13.6. The van der Waals surface area contributed by atoms with Crippen LogP contribution in [0, 0.1) is 0 Å². The molecule has 4 aromatic heterocycles. The molecule has 0 fully saturated rings. The second-order valence-corrected chi connectivity index (χ2v) is 18.5. The molecule has 0 bridgehead atoms. The maximum Gasteiger partial charge on any atom is 0.238 e. The highest BCUT2D eigenvalue weighted by Gasteiger charge is 2.25. The summed E-state index contributed by atoms with van der Waals surface area (Å²) in [7, 11) is 0. The van der Waals surface area contributed by atoms with Gasteiger partial charge in [-0.2, -0.15) is 9.97 Å². The smallest absolute Gasteiger partial charge is 0.238 e. The molecule has 0 unspecified atom stereocenters. The number of para-hydroxylation sites is 3. The van der Waals surface area contributed by atoms with Crippen LogP contribution in [-0.4, -0.2) is 24.1 Å². The van der Waals surface area contributed by atoms with Gasteiger partial charge in [0.1, 0.15) is 0 Å². The van der Waals surface area contributed by atoms with Crippen LogP contribution >= 0.6 is 11.3 Å². The van der Waals surface area contributed by atoms with E-state index in [1.54, 1.807) is 0 Å². The summed E-state index contributed by atoms with van der Waals surface area (Å²) in [5.41, 5.74) is 14.2. The lowest BCUT2D eigenvalue weighted by Gasteiger charge is -2.14. The van der Waals surface area contributed by atoms with Crippen molar-refractivity contribution in [2.24, 2.45) is 0 Å². The highest BCUT2D eigenvalue weighted by molar-refractivity contribution is 7.27. The number of fused-ring (bicyclic) bond motifs is 11. The normalized spacial score (nSPS) is 11.8. The fourth-order valence-electron chi connectivity index (χ4n) is 10.5. The van der Waals surface area contributed by atoms with E-state index in [1.165, 1.54) is 53.1 Å². The molecule has 0 aliphatic carbocycles. The van der Waals surface area contributed by atoms with Gasteiger partial charge in [-0.1, -0.05) is 212 Å². The van der Waals surface area contributed by atoms with Gasteiger partial charge in [0.05, 0.1) is 37.2 Å². The Labute approximate surface area is 401 Å². The van der Waals surface area contributed by atoms with Crippen LogP contribution in [0.5, 0.6) is 0 Å². The topological polar surface area (TPSA) is 48.5 Å². The molecule has 0 saturated carbocycles. The summed E-state index contributed by atoms with van der Waals surface area (Å²) in [4.78, 5) is 16.3. The van der Waals surface area contributed by atoms with Gasteiger partial charge in [0.2, 0.25) is 5.95 Å². The average Bonchev–Trinajstić information content (AvgIpc) is 4.10. The minimum Gasteiger partial charge on any atom is -0.307 e. The van der Waals surface area contributed by atoms with Crippen LogP contribution in [0.1, 0.15) is 0 Å². The van der Waals surface area contributed by atoms with E-state index in [9.17, 15) is 0 Å². The standard InChI is InChI=1S/C63H39N5S/c1-4-19-40(20-5-1)43-25-18-26-44(39-43)61-64-62(53-31-11-10-27-45(53)41-21-6-2-7-22-41)66-63(65-61)68-56-34-17-14-30-48(56)50-36-38-52-51-37-35-49-47-29-13-16-33-55(47)67(57(49)59(51)69-60(52)58(50)68)54-32-15-12-28-46(54)42-23-8-3-9-24-42/h1-39H. The van der Waals surface area contributed by atoms with Crippen LogP contribution < -0.4 is 0 Å². The van der Waals surface area contributed by atoms with Gasteiger partial charge in [-0.05, 0) is 52.1 Å². The molecule has 6 heteroatoms. The molecular formula is C63H39N5S. The zero-order chi connectivity index (χ0) is 45.4. The quantitative estimate of drug-likeness (QED) is 0.160. The molecule has 0 radical (unpaired) electrons. The lowest BCUT2D eigenvalue weighted by atomic mass is 9.99. The Kier molecular flexibility index (Phi) is 9.00. The van der Waals surface area contributed by atoms with Crippen molar-refractivity contribution in [3.8, 4) is 67.8 Å². The minimum atomic E-state index is 0.565. The van der Waals surface area contributed by atoms with Crippen molar-refractivity contribution in [2.45, 2.75) is 0 Å². The SMILES string of the molecule is c1ccc(-c2cccc(-c3nc(-c4ccccc4-c4ccccc4)nc(-n4c5ccccc5c5ccc6c7ccc8c9ccccc9n(-c9ccccc9-c9ccccc9)c8c7sc6c54)n3)c2)cc1. The lowest BCUT2D eigenvalue weighted by molar-refractivity contribution is 0.955. The van der Waals surface area contributed by atoms with Crippen molar-refractivity contribution in [1.82, 2.24) is 24.1 Å². The largest absolute Gasteiger partial charge is 0.307 e. The number of hydrogen-bond acceptors (Lipinski definition) is 4. The Hall–Kier alpha value is -8.97. The minimum absolute atomic E-state index is 0.565. The van der Waals surface area contributed by atoms with Crippen molar-refractivity contribution in [2.75, 3.05) is 0 Å². The van der Waals surface area contributed by atoms with Gasteiger partial charge < -0.3 is 4.57 Å². The highest BCUT2D eigenvalue weighted by atomic mass is 32.1. The molecule has 0 amide bonds. The molecule has 4 heterocycles. The summed E-state index contributed by atoms with van der Waals surface area (Å²) >= 11 is 1.86. The van der Waals surface area contributed by atoms with E-state index in [4.69, 9.17) is 15.0 Å². The van der Waals surface area contributed by atoms with Crippen molar-refractivity contribution < 1.29 is 0 Å². The summed E-state index contributed by atoms with van der Waals surface area (Å²) < 4.78 is 7.20. The number of benzene rings is 10. The fraction of sp³-hybridized carbons (Fsp3) is 0. The van der Waals surface area contributed by atoms with Crippen LogP contribution in [0.4, 0.5) is 0 Å². The summed E-state index contributed by atoms with van der Waals surface area (Å²) in [6, 6.07) is 84.2. The summed E-state index contributed by atoms with van der Waals surface area (Å²) in [6.07, 6.45) is 0. The average molecular weight is 898 g/mol. The monoisotopic (exact) mass is 897 g/mol. The van der Waals surface area contributed by atoms with Gasteiger partial charge in [-0.25, -0.2) is 4.98 Å². The number of hydrogen-bond donors (Lipinski definition) is 0. The third-order valence-corrected chi connectivity index (χ3v) is 14.8. The fourth-order valence-corrected chi connectivity index (χ4v) is 11.9. The van der Waals surface area contributed by atoms with E-state index < -0.39 is 0 Å². The molecule has 0 saturated heterocycles. The Balaban J connectivity index is 1.08. The number of aromatic nitrogens is 5. The molecule has 69 heavy (non-hydrogen) atoms. The molecule has 322 valence electrons. The number of thiophene rings is 1. The predicted molar refractivity (Wildman–Crippen MR) is 289 cm³/mol. The molecular weight excluding hydrogens is 859 g/mol. The van der Waals surface area contributed by atoms with E-state index >= 15 is 0 Å². The lowest BCUT2D eigenvalue weighted by Crippen LogP contribution is -2.07. The van der Waals surface area contributed by atoms with Crippen molar-refractivity contribution in [1.29, 1.82) is 0 Å². The van der Waals surface area contributed by atoms with E-state index in [0.29, 0.717) is 17.6 Å². The molecule has 0 aliphatic heterocycles. The van der Waals surface area contributed by atoms with Crippen LogP contribution in [0.2, 0.25) is 0 Å². The highest BCUT2D eigenvalue weighted by Crippen LogP contribution is 2.48. The Bertz CT molecular complexity index is 4300. The number of rotatable bonds is 7. The van der Waals surface area contributed by atoms with Crippen molar-refractivity contribution in [3.05, 3.63) is 237 Å². The van der Waals surface area contributed by atoms with E-state index in [2.05, 4.69) is 246 Å². The van der Waals surface area contributed by atoms with Crippen LogP contribution in [-0.2, 0) is 0 Å². The van der Waals surface area contributed by atoms with E-state index in [0.717, 1.165) is 60.9 Å². The second kappa shape index (κ2) is 15.8. The predicted octanol–water partition coefficient (Wildman–Crippen LogP) is 16.8. The molecule has 0 N–H and O–H groups in total. The number of nitrogens with zero attached hydrogens (tertiary/aromatic N) is 5. The first kappa shape index (κ1) is 39.2. The molecule has 0 atom stereocenters. The zero-order valence-corrected chi connectivity index (χ0v) is 38.0. The molecule has 0 aliphatic rings. The summed E-state index contributed by atoms with van der Waals surface area (Å²) in [5.74, 6) is 1.78. The maximum atomic E-state index is 5.51. The summed E-state index contributed by atoms with van der Waals surface area (Å²) in [5, 5.41) is 7.16. The molecule has 14 aromatic rings. The molecule has 14 rings (SSSR count). The molecule has 0 spiro atoms. The first-order valence-corrected chi connectivity index (χ1v) is 24.1. The molecule has 10 aromatic carbocycles. The van der Waals surface area contributed by atoms with Gasteiger partial charge in [-0.15, -0.1) is 11.3 Å².